The van der Waals surface area contributed by atoms with Crippen LogP contribution in [0.5, 0.6) is 5.88 Å². The summed E-state index contributed by atoms with van der Waals surface area (Å²) in [6.45, 7) is 7.95. The molecule has 1 aliphatic heterocycles. The number of pyridine rings is 1. The van der Waals surface area contributed by atoms with Crippen LogP contribution < -0.4 is 4.74 Å². The lowest BCUT2D eigenvalue weighted by molar-refractivity contribution is -0.0168. The van der Waals surface area contributed by atoms with E-state index in [0.717, 1.165) is 5.56 Å². The Kier molecular flexibility index (Phi) is 6.73. The monoisotopic (exact) mass is 407 g/mol. The van der Waals surface area contributed by atoms with Crippen molar-refractivity contribution in [2.75, 3.05) is 26.3 Å². The number of ether oxygens (including phenoxy) is 2. The molecule has 0 spiro atoms. The summed E-state index contributed by atoms with van der Waals surface area (Å²) in [4.78, 5) is 18.9. The second-order valence-corrected chi connectivity index (χ2v) is 8.55. The van der Waals surface area contributed by atoms with Crippen LogP contribution in [-0.4, -0.2) is 47.7 Å². The average Bonchev–Trinajstić information content (AvgIpc) is 2.77. The third-order valence-corrected chi connectivity index (χ3v) is 5.30. The first-order valence-corrected chi connectivity index (χ1v) is 10.3. The Labute approximate surface area is 178 Å². The highest BCUT2D eigenvalue weighted by Crippen LogP contribution is 2.35. The van der Waals surface area contributed by atoms with Gasteiger partial charge in [0.2, 0.25) is 5.88 Å². The lowest BCUT2D eigenvalue weighted by atomic mass is 9.74. The Hall–Kier alpha value is -2.91. The number of likely N-dealkylation sites (tertiary alicyclic amines) is 1. The van der Waals surface area contributed by atoms with Crippen LogP contribution in [-0.2, 0) is 10.2 Å². The first kappa shape index (κ1) is 21.8. The van der Waals surface area contributed by atoms with Crippen molar-refractivity contribution >= 4 is 5.91 Å². The molecule has 1 aliphatic rings. The summed E-state index contributed by atoms with van der Waals surface area (Å²) in [5.74, 6) is 0.403. The van der Waals surface area contributed by atoms with Crippen molar-refractivity contribution in [2.24, 2.45) is 0 Å². The molecule has 1 aromatic heterocycles. The van der Waals surface area contributed by atoms with Gasteiger partial charge in [-0.15, -0.1) is 0 Å². The topological polar surface area (TPSA) is 75.5 Å². The van der Waals surface area contributed by atoms with Gasteiger partial charge in [0, 0.05) is 25.4 Å². The van der Waals surface area contributed by atoms with Crippen molar-refractivity contribution < 1.29 is 14.3 Å². The zero-order valence-electron chi connectivity index (χ0n) is 17.9. The number of hydrogen-bond acceptors (Lipinski definition) is 5. The van der Waals surface area contributed by atoms with Crippen LogP contribution in [0.1, 0.15) is 49.5 Å². The zero-order valence-corrected chi connectivity index (χ0v) is 17.9. The van der Waals surface area contributed by atoms with Gasteiger partial charge >= 0.3 is 0 Å². The quantitative estimate of drug-likeness (QED) is 0.677. The van der Waals surface area contributed by atoms with E-state index in [-0.39, 0.29) is 11.5 Å². The Morgan fingerprint density at radius 1 is 1.13 bits per heavy atom. The molecule has 6 nitrogen and oxygen atoms in total. The molecule has 0 bridgehead atoms. The van der Waals surface area contributed by atoms with Gasteiger partial charge in [0.25, 0.3) is 5.91 Å². The second-order valence-electron chi connectivity index (χ2n) is 8.55. The minimum Gasteiger partial charge on any atom is -0.475 e. The Morgan fingerprint density at radius 2 is 1.83 bits per heavy atom. The number of piperidine rings is 1. The van der Waals surface area contributed by atoms with E-state index >= 15 is 0 Å². The fourth-order valence-electron chi connectivity index (χ4n) is 3.58. The standard InChI is InChI=1S/C24H29N3O3/c1-23(2,3)30-16-15-29-21-10-9-19(17-26-21)22(28)27-13-11-24(18-25,12-14-27)20-7-5-4-6-8-20/h4-10,17H,11-16H2,1-3H3. The molecule has 0 atom stereocenters. The van der Waals surface area contributed by atoms with Crippen molar-refractivity contribution in [1.29, 1.82) is 5.26 Å². The van der Waals surface area contributed by atoms with Crippen molar-refractivity contribution in [2.45, 2.75) is 44.6 Å². The summed E-state index contributed by atoms with van der Waals surface area (Å²) in [6, 6.07) is 15.8. The highest BCUT2D eigenvalue weighted by molar-refractivity contribution is 5.94. The molecule has 158 valence electrons. The minimum atomic E-state index is -0.525. The number of nitriles is 1. The van der Waals surface area contributed by atoms with Crippen LogP contribution in [0.25, 0.3) is 0 Å². The van der Waals surface area contributed by atoms with Gasteiger partial charge in [0.15, 0.2) is 0 Å². The summed E-state index contributed by atoms with van der Waals surface area (Å²) in [6.07, 6.45) is 2.80. The Bertz CT molecular complexity index is 875. The lowest BCUT2D eigenvalue weighted by Crippen LogP contribution is -2.44. The first-order valence-electron chi connectivity index (χ1n) is 10.3. The van der Waals surface area contributed by atoms with E-state index in [0.29, 0.717) is 50.6 Å². The van der Waals surface area contributed by atoms with Crippen molar-refractivity contribution in [1.82, 2.24) is 9.88 Å². The molecule has 0 saturated carbocycles. The number of carbonyl (C=O) groups excluding carboxylic acids is 1. The summed E-state index contributed by atoms with van der Waals surface area (Å²) < 4.78 is 11.2. The molecule has 0 unspecified atom stereocenters. The number of amides is 1. The van der Waals surface area contributed by atoms with E-state index in [9.17, 15) is 10.1 Å². The smallest absolute Gasteiger partial charge is 0.255 e. The maximum absolute atomic E-state index is 12.9. The number of carbonyl (C=O) groups is 1. The molecule has 1 aromatic carbocycles. The number of benzene rings is 1. The van der Waals surface area contributed by atoms with Crippen LogP contribution in [0.4, 0.5) is 0 Å². The van der Waals surface area contributed by atoms with Gasteiger partial charge in [-0.25, -0.2) is 4.98 Å². The van der Waals surface area contributed by atoms with Crippen molar-refractivity contribution in [3.05, 3.63) is 59.8 Å². The molecule has 0 aliphatic carbocycles. The summed E-state index contributed by atoms with van der Waals surface area (Å²) in [5.41, 5.74) is 0.824. The third kappa shape index (κ3) is 5.37. The molecule has 3 rings (SSSR count). The van der Waals surface area contributed by atoms with Crippen molar-refractivity contribution in [3.8, 4) is 11.9 Å². The lowest BCUT2D eigenvalue weighted by Gasteiger charge is -2.37. The van der Waals surface area contributed by atoms with Crippen LogP contribution in [0.15, 0.2) is 48.7 Å². The maximum atomic E-state index is 12.9. The van der Waals surface area contributed by atoms with Crippen LogP contribution >= 0.6 is 0 Å². The fraction of sp³-hybridized carbons (Fsp3) is 0.458. The molecule has 6 heteroatoms. The van der Waals surface area contributed by atoms with E-state index in [2.05, 4.69) is 11.1 Å². The van der Waals surface area contributed by atoms with Gasteiger partial charge in [0.05, 0.1) is 29.3 Å². The summed E-state index contributed by atoms with van der Waals surface area (Å²) in [7, 11) is 0. The molecule has 1 saturated heterocycles. The molecular formula is C24H29N3O3. The number of nitrogens with zero attached hydrogens (tertiary/aromatic N) is 3. The molecule has 30 heavy (non-hydrogen) atoms. The maximum Gasteiger partial charge on any atom is 0.255 e. The predicted molar refractivity (Wildman–Crippen MR) is 114 cm³/mol. The normalized spacial score (nSPS) is 16.0. The fourth-order valence-corrected chi connectivity index (χ4v) is 3.58. The average molecular weight is 408 g/mol. The van der Waals surface area contributed by atoms with E-state index in [1.807, 2.05) is 51.1 Å². The summed E-state index contributed by atoms with van der Waals surface area (Å²) in [5, 5.41) is 9.81. The molecule has 2 aromatic rings. The van der Waals surface area contributed by atoms with Crippen molar-refractivity contribution in [3.63, 3.8) is 0 Å². The van der Waals surface area contributed by atoms with Gasteiger partial charge < -0.3 is 14.4 Å². The SMILES string of the molecule is CC(C)(C)OCCOc1ccc(C(=O)N2CCC(C#N)(c3ccccc3)CC2)cn1. The zero-order chi connectivity index (χ0) is 21.6. The number of hydrogen-bond donors (Lipinski definition) is 0. The largest absolute Gasteiger partial charge is 0.475 e. The summed E-state index contributed by atoms with van der Waals surface area (Å²) >= 11 is 0. The third-order valence-electron chi connectivity index (χ3n) is 5.30. The molecular weight excluding hydrogens is 378 g/mol. The highest BCUT2D eigenvalue weighted by Gasteiger charge is 2.37. The Morgan fingerprint density at radius 3 is 2.40 bits per heavy atom. The van der Waals surface area contributed by atoms with E-state index in [1.54, 1.807) is 23.2 Å². The predicted octanol–water partition coefficient (Wildman–Crippen LogP) is 3.97. The highest BCUT2D eigenvalue weighted by atomic mass is 16.5. The molecule has 1 fully saturated rings. The van der Waals surface area contributed by atoms with Gasteiger partial charge in [-0.2, -0.15) is 5.26 Å². The number of rotatable bonds is 6. The number of aromatic nitrogens is 1. The van der Waals surface area contributed by atoms with E-state index in [4.69, 9.17) is 9.47 Å². The molecule has 0 radical (unpaired) electrons. The van der Waals surface area contributed by atoms with Gasteiger partial charge in [0.1, 0.15) is 6.61 Å². The van der Waals surface area contributed by atoms with Gasteiger partial charge in [-0.05, 0) is 45.2 Å². The first-order chi connectivity index (χ1) is 14.3. The van der Waals surface area contributed by atoms with Gasteiger partial charge in [-0.1, -0.05) is 30.3 Å². The molecule has 2 heterocycles. The molecule has 1 amide bonds. The Balaban J connectivity index is 1.54. The second kappa shape index (κ2) is 9.27. The van der Waals surface area contributed by atoms with E-state index < -0.39 is 5.41 Å². The van der Waals surface area contributed by atoms with E-state index in [1.165, 1.54) is 0 Å². The van der Waals surface area contributed by atoms with Gasteiger partial charge in [-0.3, -0.25) is 4.79 Å². The van der Waals surface area contributed by atoms with Crippen LogP contribution in [0.3, 0.4) is 0 Å². The van der Waals surface area contributed by atoms with Crippen LogP contribution in [0, 0.1) is 11.3 Å². The molecule has 0 N–H and O–H groups in total. The minimum absolute atomic E-state index is 0.0651. The van der Waals surface area contributed by atoms with Crippen LogP contribution in [0.2, 0.25) is 0 Å².